The van der Waals surface area contributed by atoms with Crippen LogP contribution in [0.1, 0.15) is 5.82 Å². The van der Waals surface area contributed by atoms with E-state index < -0.39 is 12.0 Å². The molecule has 1 aromatic carbocycles. The quantitative estimate of drug-likeness (QED) is 0.649. The number of halogens is 3. The van der Waals surface area contributed by atoms with Gasteiger partial charge in [0.1, 0.15) is 5.52 Å². The van der Waals surface area contributed by atoms with E-state index in [1.54, 1.807) is 12.1 Å². The van der Waals surface area contributed by atoms with Gasteiger partial charge in [0, 0.05) is 6.54 Å². The largest absolute Gasteiger partial charge is 0.449 e. The van der Waals surface area contributed by atoms with E-state index in [4.69, 9.17) is 5.73 Å². The van der Waals surface area contributed by atoms with Crippen LogP contribution in [0.2, 0.25) is 0 Å². The third kappa shape index (κ3) is 1.86. The fourth-order valence-corrected chi connectivity index (χ4v) is 1.70. The van der Waals surface area contributed by atoms with Crippen LogP contribution in [-0.4, -0.2) is 9.55 Å². The summed E-state index contributed by atoms with van der Waals surface area (Å²) >= 11 is 0. The number of imidazole rings is 1. The molecule has 1 heterocycles. The fourth-order valence-electron chi connectivity index (χ4n) is 1.70. The molecule has 0 aliphatic rings. The molecule has 3 nitrogen and oxygen atoms in total. The van der Waals surface area contributed by atoms with E-state index in [2.05, 4.69) is 11.6 Å². The van der Waals surface area contributed by atoms with Crippen molar-refractivity contribution in [2.24, 2.45) is 0 Å². The van der Waals surface area contributed by atoms with Gasteiger partial charge in [0.15, 0.2) is 0 Å². The van der Waals surface area contributed by atoms with Crippen molar-refractivity contribution in [3.63, 3.8) is 0 Å². The smallest absolute Gasteiger partial charge is 0.397 e. The van der Waals surface area contributed by atoms with Gasteiger partial charge in [-0.3, -0.25) is 0 Å². The van der Waals surface area contributed by atoms with E-state index >= 15 is 0 Å². The lowest BCUT2D eigenvalue weighted by molar-refractivity contribution is -0.146. The monoisotopic (exact) mass is 241 g/mol. The molecule has 0 unspecified atom stereocenters. The van der Waals surface area contributed by atoms with E-state index in [1.165, 1.54) is 12.1 Å². The normalized spacial score (nSPS) is 11.9. The van der Waals surface area contributed by atoms with Crippen LogP contribution in [0.4, 0.5) is 18.9 Å². The van der Waals surface area contributed by atoms with Crippen LogP contribution in [0.15, 0.2) is 30.9 Å². The first-order valence-corrected chi connectivity index (χ1v) is 4.88. The molecule has 0 radical (unpaired) electrons. The highest BCUT2D eigenvalue weighted by Gasteiger charge is 2.37. The number of nitrogens with two attached hydrogens (primary N) is 1. The summed E-state index contributed by atoms with van der Waals surface area (Å²) in [6.45, 7) is 3.48. The lowest BCUT2D eigenvalue weighted by Crippen LogP contribution is -2.14. The highest BCUT2D eigenvalue weighted by atomic mass is 19.4. The van der Waals surface area contributed by atoms with Gasteiger partial charge >= 0.3 is 6.18 Å². The van der Waals surface area contributed by atoms with Gasteiger partial charge in [0.05, 0.1) is 11.2 Å². The molecule has 17 heavy (non-hydrogen) atoms. The summed E-state index contributed by atoms with van der Waals surface area (Å²) in [5.41, 5.74) is 6.37. The maximum absolute atomic E-state index is 12.8. The number of allylic oxidation sites excluding steroid dienone is 1. The number of nitrogen functional groups attached to an aromatic ring is 1. The van der Waals surface area contributed by atoms with Crippen LogP contribution in [0, 0.1) is 0 Å². The topological polar surface area (TPSA) is 43.8 Å². The number of aromatic nitrogens is 2. The Kier molecular flexibility index (Phi) is 2.57. The van der Waals surface area contributed by atoms with Crippen LogP contribution in [-0.2, 0) is 12.7 Å². The van der Waals surface area contributed by atoms with Gasteiger partial charge in [-0.1, -0.05) is 12.1 Å². The molecule has 2 aromatic rings. The Morgan fingerprint density at radius 1 is 1.41 bits per heavy atom. The van der Waals surface area contributed by atoms with E-state index in [1.807, 2.05) is 0 Å². The number of hydrogen-bond acceptors (Lipinski definition) is 2. The average molecular weight is 241 g/mol. The van der Waals surface area contributed by atoms with Gasteiger partial charge in [-0.05, 0) is 12.1 Å². The minimum Gasteiger partial charge on any atom is -0.397 e. The zero-order chi connectivity index (χ0) is 12.6. The first-order chi connectivity index (χ1) is 7.95. The van der Waals surface area contributed by atoms with Crippen molar-refractivity contribution in [1.82, 2.24) is 9.55 Å². The molecule has 0 aliphatic heterocycles. The zero-order valence-corrected chi connectivity index (χ0v) is 8.83. The number of hydrogen-bond donors (Lipinski definition) is 1. The molecule has 2 N–H and O–H groups in total. The van der Waals surface area contributed by atoms with Crippen molar-refractivity contribution in [3.05, 3.63) is 36.7 Å². The first kappa shape index (κ1) is 11.5. The number of alkyl halides is 3. The third-order valence-electron chi connectivity index (χ3n) is 2.38. The van der Waals surface area contributed by atoms with Crippen LogP contribution >= 0.6 is 0 Å². The molecule has 0 saturated heterocycles. The maximum Gasteiger partial charge on any atom is 0.449 e. The lowest BCUT2D eigenvalue weighted by atomic mass is 10.3. The van der Waals surface area contributed by atoms with Crippen molar-refractivity contribution in [2.75, 3.05) is 5.73 Å². The summed E-state index contributed by atoms with van der Waals surface area (Å²) in [4.78, 5) is 3.57. The second-order valence-electron chi connectivity index (χ2n) is 3.55. The van der Waals surface area contributed by atoms with Crippen LogP contribution in [0.25, 0.3) is 11.0 Å². The zero-order valence-electron chi connectivity index (χ0n) is 8.83. The second kappa shape index (κ2) is 3.80. The highest BCUT2D eigenvalue weighted by molar-refractivity contribution is 5.87. The predicted molar refractivity (Wildman–Crippen MR) is 59.3 cm³/mol. The standard InChI is InChI=1S/C11H10F3N3/c1-2-6-17-8-5-3-4-7(15)9(8)16-10(17)11(12,13)14/h2-5H,1,6,15H2. The molecule has 0 bridgehead atoms. The Morgan fingerprint density at radius 2 is 2.12 bits per heavy atom. The molecular formula is C11H10F3N3. The molecule has 0 saturated carbocycles. The van der Waals surface area contributed by atoms with E-state index in [9.17, 15) is 13.2 Å². The molecular weight excluding hydrogens is 231 g/mol. The molecule has 90 valence electrons. The highest BCUT2D eigenvalue weighted by Crippen LogP contribution is 2.32. The summed E-state index contributed by atoms with van der Waals surface area (Å²) in [5.74, 6) is -0.953. The van der Waals surface area contributed by atoms with Crippen molar-refractivity contribution < 1.29 is 13.2 Å². The number of anilines is 1. The summed E-state index contributed by atoms with van der Waals surface area (Å²) < 4.78 is 39.4. The fraction of sp³-hybridized carbons (Fsp3) is 0.182. The van der Waals surface area contributed by atoms with Crippen LogP contribution < -0.4 is 5.73 Å². The lowest BCUT2D eigenvalue weighted by Gasteiger charge is -2.08. The van der Waals surface area contributed by atoms with Gasteiger partial charge in [0.2, 0.25) is 5.82 Å². The van der Waals surface area contributed by atoms with Gasteiger partial charge in [-0.2, -0.15) is 13.2 Å². The van der Waals surface area contributed by atoms with Gasteiger partial charge < -0.3 is 10.3 Å². The van der Waals surface area contributed by atoms with Crippen molar-refractivity contribution in [3.8, 4) is 0 Å². The predicted octanol–water partition coefficient (Wildman–Crippen LogP) is 2.82. The molecule has 0 amide bonds. The SMILES string of the molecule is C=CCn1c(C(F)(F)F)nc2c(N)cccc21. The molecule has 0 fully saturated rings. The van der Waals surface area contributed by atoms with E-state index in [0.29, 0.717) is 5.52 Å². The summed E-state index contributed by atoms with van der Waals surface area (Å²) in [7, 11) is 0. The number of para-hydroxylation sites is 1. The first-order valence-electron chi connectivity index (χ1n) is 4.88. The molecule has 0 aliphatic carbocycles. The van der Waals surface area contributed by atoms with E-state index in [0.717, 1.165) is 4.57 Å². The Balaban J connectivity index is 2.79. The van der Waals surface area contributed by atoms with Crippen LogP contribution in [0.3, 0.4) is 0 Å². The van der Waals surface area contributed by atoms with E-state index in [-0.39, 0.29) is 17.7 Å². The minimum absolute atomic E-state index is 0.0365. The number of nitrogens with zero attached hydrogens (tertiary/aromatic N) is 2. The van der Waals surface area contributed by atoms with Gasteiger partial charge in [-0.15, -0.1) is 6.58 Å². The van der Waals surface area contributed by atoms with Crippen molar-refractivity contribution in [1.29, 1.82) is 0 Å². The molecule has 0 spiro atoms. The second-order valence-corrected chi connectivity index (χ2v) is 3.55. The molecule has 0 atom stereocenters. The number of rotatable bonds is 2. The minimum atomic E-state index is -4.51. The summed E-state index contributed by atoms with van der Waals surface area (Å²) in [5, 5.41) is 0. The molecule has 6 heteroatoms. The number of benzene rings is 1. The van der Waals surface area contributed by atoms with Crippen molar-refractivity contribution in [2.45, 2.75) is 12.7 Å². The Bertz CT molecular complexity index is 569. The van der Waals surface area contributed by atoms with Crippen LogP contribution in [0.5, 0.6) is 0 Å². The summed E-state index contributed by atoms with van der Waals surface area (Å²) in [6, 6.07) is 4.67. The molecule has 2 rings (SSSR count). The maximum atomic E-state index is 12.8. The third-order valence-corrected chi connectivity index (χ3v) is 2.38. The Hall–Kier alpha value is -1.98. The van der Waals surface area contributed by atoms with Crippen molar-refractivity contribution >= 4 is 16.7 Å². The van der Waals surface area contributed by atoms with Gasteiger partial charge in [0.25, 0.3) is 0 Å². The Morgan fingerprint density at radius 3 is 2.71 bits per heavy atom. The molecule has 1 aromatic heterocycles. The number of fused-ring (bicyclic) bond motifs is 1. The summed E-state index contributed by atoms with van der Waals surface area (Å²) in [6.07, 6.45) is -3.12. The Labute approximate surface area is 95.4 Å². The average Bonchev–Trinajstić information content (AvgIpc) is 2.59. The van der Waals surface area contributed by atoms with Gasteiger partial charge in [-0.25, -0.2) is 4.98 Å².